The molecule has 0 radical (unpaired) electrons. The van der Waals surface area contributed by atoms with Gasteiger partial charge in [0.2, 0.25) is 0 Å². The Balaban J connectivity index is 1.65. The van der Waals surface area contributed by atoms with Gasteiger partial charge in [-0.25, -0.2) is 5.01 Å². The Labute approximate surface area is 210 Å². The third kappa shape index (κ3) is 5.37. The molecule has 0 spiro atoms. The summed E-state index contributed by atoms with van der Waals surface area (Å²) < 4.78 is 12.1. The molecule has 1 aliphatic heterocycles. The van der Waals surface area contributed by atoms with Crippen molar-refractivity contribution in [2.24, 2.45) is 5.10 Å². The summed E-state index contributed by atoms with van der Waals surface area (Å²) in [5.41, 5.74) is 2.69. The zero-order valence-corrected chi connectivity index (χ0v) is 21.3. The van der Waals surface area contributed by atoms with E-state index in [0.29, 0.717) is 22.9 Å². The molecule has 8 heteroatoms. The molecule has 0 saturated carbocycles. The van der Waals surface area contributed by atoms with E-state index in [2.05, 4.69) is 15.9 Å². The van der Waals surface area contributed by atoms with Crippen molar-refractivity contribution >= 4 is 50.9 Å². The van der Waals surface area contributed by atoms with E-state index in [-0.39, 0.29) is 17.7 Å². The fourth-order valence-electron chi connectivity index (χ4n) is 3.72. The van der Waals surface area contributed by atoms with Crippen molar-refractivity contribution < 1.29 is 14.3 Å². The van der Waals surface area contributed by atoms with Crippen molar-refractivity contribution in [3.05, 3.63) is 87.4 Å². The Bertz CT molecular complexity index is 1170. The van der Waals surface area contributed by atoms with Crippen LogP contribution in [0.3, 0.4) is 0 Å². The summed E-state index contributed by atoms with van der Waals surface area (Å²) in [4.78, 5) is 14.3. The molecule has 1 amide bonds. The molecule has 0 aliphatic carbocycles. The lowest BCUT2D eigenvalue weighted by Crippen LogP contribution is -2.28. The standard InChI is InChI=1S/C25H22BrClN2O3S/c1-31-23-5-3-4-20(25(23)32-2)22-14-21(16-6-8-17(26)9-7-16)28-29(22)24(30)15-33-19-12-10-18(27)11-13-19/h3-13,22H,14-15H2,1-2H3/t22-/m0/s1. The topological polar surface area (TPSA) is 51.1 Å². The third-order valence-corrected chi connectivity index (χ3v) is 7.09. The van der Waals surface area contributed by atoms with Crippen LogP contribution in [0.1, 0.15) is 23.6 Å². The van der Waals surface area contributed by atoms with Crippen molar-refractivity contribution in [1.29, 1.82) is 0 Å². The third-order valence-electron chi connectivity index (χ3n) is 5.31. The predicted octanol–water partition coefficient (Wildman–Crippen LogP) is 6.59. The predicted molar refractivity (Wildman–Crippen MR) is 137 cm³/mol. The Morgan fingerprint density at radius 3 is 2.48 bits per heavy atom. The number of ether oxygens (including phenoxy) is 2. The maximum Gasteiger partial charge on any atom is 0.253 e. The molecule has 3 aromatic rings. The first-order valence-electron chi connectivity index (χ1n) is 10.2. The van der Waals surface area contributed by atoms with E-state index in [1.54, 1.807) is 19.2 Å². The number of hydrogen-bond acceptors (Lipinski definition) is 5. The van der Waals surface area contributed by atoms with Crippen LogP contribution in [0.15, 0.2) is 81.2 Å². The van der Waals surface area contributed by atoms with E-state index in [4.69, 9.17) is 26.2 Å². The molecule has 33 heavy (non-hydrogen) atoms. The minimum Gasteiger partial charge on any atom is -0.493 e. The van der Waals surface area contributed by atoms with Gasteiger partial charge in [0.15, 0.2) is 11.5 Å². The lowest BCUT2D eigenvalue weighted by Gasteiger charge is -2.24. The molecule has 5 nitrogen and oxygen atoms in total. The van der Waals surface area contributed by atoms with Gasteiger partial charge in [-0.3, -0.25) is 4.79 Å². The number of rotatable bonds is 7. The largest absolute Gasteiger partial charge is 0.493 e. The monoisotopic (exact) mass is 544 g/mol. The van der Waals surface area contributed by atoms with Crippen LogP contribution in [0.5, 0.6) is 11.5 Å². The van der Waals surface area contributed by atoms with Crippen LogP contribution in [0.2, 0.25) is 5.02 Å². The van der Waals surface area contributed by atoms with E-state index >= 15 is 0 Å². The molecule has 0 unspecified atom stereocenters. The second kappa shape index (κ2) is 10.6. The Morgan fingerprint density at radius 1 is 1.09 bits per heavy atom. The molecule has 0 aromatic heterocycles. The number of halogens is 2. The number of methoxy groups -OCH3 is 2. The molecular weight excluding hydrogens is 524 g/mol. The van der Waals surface area contributed by atoms with Crippen LogP contribution < -0.4 is 9.47 Å². The molecule has 0 fully saturated rings. The van der Waals surface area contributed by atoms with Gasteiger partial charge in [-0.15, -0.1) is 11.8 Å². The zero-order chi connectivity index (χ0) is 23.4. The molecule has 0 saturated heterocycles. The maximum atomic E-state index is 13.3. The van der Waals surface area contributed by atoms with Crippen molar-refractivity contribution in [1.82, 2.24) is 5.01 Å². The molecular formula is C25H22BrClN2O3S. The van der Waals surface area contributed by atoms with Gasteiger partial charge in [0.25, 0.3) is 5.91 Å². The number of amides is 1. The van der Waals surface area contributed by atoms with Gasteiger partial charge in [0, 0.05) is 26.4 Å². The molecule has 1 heterocycles. The molecule has 1 atom stereocenters. The number of thioether (sulfide) groups is 1. The van der Waals surface area contributed by atoms with Gasteiger partial charge in [-0.2, -0.15) is 5.10 Å². The summed E-state index contributed by atoms with van der Waals surface area (Å²) in [7, 11) is 3.21. The second-order valence-electron chi connectivity index (χ2n) is 7.34. The highest BCUT2D eigenvalue weighted by molar-refractivity contribution is 9.10. The molecule has 170 valence electrons. The Kier molecular flexibility index (Phi) is 7.63. The van der Waals surface area contributed by atoms with Crippen LogP contribution in [0.25, 0.3) is 0 Å². The quantitative estimate of drug-likeness (QED) is 0.314. The average Bonchev–Trinajstić information content (AvgIpc) is 3.28. The van der Waals surface area contributed by atoms with Crippen LogP contribution >= 0.6 is 39.3 Å². The summed E-state index contributed by atoms with van der Waals surface area (Å²) in [6, 6.07) is 20.8. The molecule has 0 N–H and O–H groups in total. The smallest absolute Gasteiger partial charge is 0.253 e. The van der Waals surface area contributed by atoms with Gasteiger partial charge < -0.3 is 9.47 Å². The van der Waals surface area contributed by atoms with Crippen LogP contribution in [0.4, 0.5) is 0 Å². The summed E-state index contributed by atoms with van der Waals surface area (Å²) in [5, 5.41) is 7.00. The van der Waals surface area contributed by atoms with Crippen LogP contribution in [0, 0.1) is 0 Å². The van der Waals surface area contributed by atoms with Crippen LogP contribution in [-0.4, -0.2) is 36.6 Å². The lowest BCUT2D eigenvalue weighted by molar-refractivity contribution is -0.130. The number of benzene rings is 3. The van der Waals surface area contributed by atoms with E-state index in [9.17, 15) is 4.79 Å². The van der Waals surface area contributed by atoms with Gasteiger partial charge in [0.1, 0.15) is 0 Å². The van der Waals surface area contributed by atoms with E-state index < -0.39 is 0 Å². The maximum absolute atomic E-state index is 13.3. The minimum absolute atomic E-state index is 0.0862. The van der Waals surface area contributed by atoms with Gasteiger partial charge in [-0.1, -0.05) is 51.8 Å². The number of nitrogens with zero attached hydrogens (tertiary/aromatic N) is 2. The summed E-state index contributed by atoms with van der Waals surface area (Å²) >= 11 is 10.9. The summed E-state index contributed by atoms with van der Waals surface area (Å²) in [6.45, 7) is 0. The Morgan fingerprint density at radius 2 is 1.82 bits per heavy atom. The second-order valence-corrected chi connectivity index (χ2v) is 9.74. The highest BCUT2D eigenvalue weighted by Gasteiger charge is 2.35. The highest BCUT2D eigenvalue weighted by atomic mass is 79.9. The van der Waals surface area contributed by atoms with Gasteiger partial charge in [0.05, 0.1) is 31.7 Å². The number of hydrazone groups is 1. The summed E-state index contributed by atoms with van der Waals surface area (Å²) in [5.74, 6) is 1.40. The normalized spacial score (nSPS) is 15.3. The highest BCUT2D eigenvalue weighted by Crippen LogP contribution is 2.42. The number of carbonyl (C=O) groups excluding carboxylic acids is 1. The summed E-state index contributed by atoms with van der Waals surface area (Å²) in [6.07, 6.45) is 0.572. The molecule has 0 bridgehead atoms. The first kappa shape index (κ1) is 23.7. The molecule has 4 rings (SSSR count). The molecule has 3 aromatic carbocycles. The average molecular weight is 546 g/mol. The van der Waals surface area contributed by atoms with Gasteiger partial charge in [-0.05, 0) is 48.0 Å². The van der Waals surface area contributed by atoms with E-state index in [1.807, 2.05) is 66.7 Å². The zero-order valence-electron chi connectivity index (χ0n) is 18.1. The van der Waals surface area contributed by atoms with E-state index in [0.717, 1.165) is 26.2 Å². The first-order chi connectivity index (χ1) is 16.0. The van der Waals surface area contributed by atoms with Crippen molar-refractivity contribution in [3.8, 4) is 11.5 Å². The Hall–Kier alpha value is -2.48. The van der Waals surface area contributed by atoms with Gasteiger partial charge >= 0.3 is 0 Å². The number of carbonyl (C=O) groups is 1. The van der Waals surface area contributed by atoms with Crippen molar-refractivity contribution in [2.75, 3.05) is 20.0 Å². The SMILES string of the molecule is COc1cccc([C@@H]2CC(c3ccc(Br)cc3)=NN2C(=O)CSc2ccc(Cl)cc2)c1OC. The lowest BCUT2D eigenvalue weighted by atomic mass is 9.97. The molecule has 1 aliphatic rings. The first-order valence-corrected chi connectivity index (χ1v) is 12.4. The number of para-hydroxylation sites is 1. The number of hydrogen-bond donors (Lipinski definition) is 0. The van der Waals surface area contributed by atoms with Crippen molar-refractivity contribution in [3.63, 3.8) is 0 Å². The van der Waals surface area contributed by atoms with E-state index in [1.165, 1.54) is 11.8 Å². The fraction of sp³-hybridized carbons (Fsp3) is 0.200. The van der Waals surface area contributed by atoms with Crippen LogP contribution in [-0.2, 0) is 4.79 Å². The minimum atomic E-state index is -0.299. The fourth-order valence-corrected chi connectivity index (χ4v) is 4.86. The van der Waals surface area contributed by atoms with Crippen molar-refractivity contribution in [2.45, 2.75) is 17.4 Å².